The maximum Gasteiger partial charge on any atom is 0.243 e. The highest BCUT2D eigenvalue weighted by molar-refractivity contribution is 7.89. The van der Waals surface area contributed by atoms with Gasteiger partial charge in [-0.05, 0) is 49.2 Å². The van der Waals surface area contributed by atoms with E-state index in [-0.39, 0.29) is 29.8 Å². The molecule has 0 unspecified atom stereocenters. The molecule has 1 aliphatic heterocycles. The van der Waals surface area contributed by atoms with Gasteiger partial charge in [-0.1, -0.05) is 48.0 Å². The van der Waals surface area contributed by atoms with Crippen molar-refractivity contribution in [3.05, 3.63) is 89.5 Å². The van der Waals surface area contributed by atoms with E-state index in [2.05, 4.69) is 0 Å². The third kappa shape index (κ3) is 4.13. The molecule has 0 saturated heterocycles. The summed E-state index contributed by atoms with van der Waals surface area (Å²) in [7, 11) is -3.72. The Kier molecular flexibility index (Phi) is 5.30. The molecule has 0 saturated carbocycles. The van der Waals surface area contributed by atoms with Crippen LogP contribution < -0.4 is 4.74 Å². The summed E-state index contributed by atoms with van der Waals surface area (Å²) in [4.78, 5) is 0.276. The number of aromatic hydroxyl groups is 1. The number of benzene rings is 3. The molecule has 3 aromatic carbocycles. The van der Waals surface area contributed by atoms with Crippen molar-refractivity contribution in [2.45, 2.75) is 30.8 Å². The highest BCUT2D eigenvalue weighted by Crippen LogP contribution is 2.30. The van der Waals surface area contributed by atoms with Gasteiger partial charge in [-0.2, -0.15) is 4.31 Å². The smallest absolute Gasteiger partial charge is 0.243 e. The van der Waals surface area contributed by atoms with E-state index >= 15 is 0 Å². The van der Waals surface area contributed by atoms with Crippen LogP contribution in [-0.2, 0) is 23.0 Å². The summed E-state index contributed by atoms with van der Waals surface area (Å²) in [6.45, 7) is 2.43. The molecule has 0 aliphatic carbocycles. The van der Waals surface area contributed by atoms with Gasteiger partial charge in [0.2, 0.25) is 10.0 Å². The van der Waals surface area contributed by atoms with Crippen molar-refractivity contribution in [3.8, 4) is 11.5 Å². The lowest BCUT2D eigenvalue weighted by Crippen LogP contribution is -2.43. The van der Waals surface area contributed by atoms with Crippen LogP contribution in [0.3, 0.4) is 0 Å². The van der Waals surface area contributed by atoms with Gasteiger partial charge in [0.15, 0.2) is 0 Å². The Morgan fingerprint density at radius 2 is 1.69 bits per heavy atom. The summed E-state index contributed by atoms with van der Waals surface area (Å²) >= 11 is 0. The van der Waals surface area contributed by atoms with Crippen LogP contribution in [0.15, 0.2) is 77.7 Å². The minimum Gasteiger partial charge on any atom is -0.508 e. The van der Waals surface area contributed by atoms with Crippen molar-refractivity contribution < 1.29 is 18.3 Å². The number of fused-ring (bicyclic) bond motifs is 1. The van der Waals surface area contributed by atoms with Crippen LogP contribution in [0.5, 0.6) is 11.5 Å². The van der Waals surface area contributed by atoms with Gasteiger partial charge < -0.3 is 9.84 Å². The zero-order chi connectivity index (χ0) is 20.4. The minimum absolute atomic E-state index is 0.183. The van der Waals surface area contributed by atoms with E-state index in [0.29, 0.717) is 12.2 Å². The predicted octanol–water partition coefficient (Wildman–Crippen LogP) is 3.90. The van der Waals surface area contributed by atoms with E-state index in [9.17, 15) is 13.5 Å². The number of ether oxygens (including phenoxy) is 1. The van der Waals surface area contributed by atoms with Crippen LogP contribution in [0.2, 0.25) is 0 Å². The SMILES string of the molecule is Cc1ccc(S(=O)(=O)N2Cc3ccccc3OC[C@@H]2Cc2ccc(O)cc2)cc1. The van der Waals surface area contributed by atoms with E-state index in [1.807, 2.05) is 55.5 Å². The molecule has 0 radical (unpaired) electrons. The van der Waals surface area contributed by atoms with Gasteiger partial charge in [0, 0.05) is 12.1 Å². The van der Waals surface area contributed by atoms with Crippen LogP contribution in [0.4, 0.5) is 0 Å². The Bertz CT molecular complexity index is 1090. The first-order valence-corrected chi connectivity index (χ1v) is 10.9. The Morgan fingerprint density at radius 1 is 1.00 bits per heavy atom. The van der Waals surface area contributed by atoms with Gasteiger partial charge in [0.1, 0.15) is 18.1 Å². The first kappa shape index (κ1) is 19.5. The molecule has 4 rings (SSSR count). The Hall–Kier alpha value is -2.83. The molecule has 0 aromatic heterocycles. The maximum atomic E-state index is 13.5. The molecular formula is C23H23NO4S. The van der Waals surface area contributed by atoms with E-state index in [1.54, 1.807) is 24.3 Å². The highest BCUT2D eigenvalue weighted by atomic mass is 32.2. The molecular weight excluding hydrogens is 386 g/mol. The van der Waals surface area contributed by atoms with Gasteiger partial charge >= 0.3 is 0 Å². The minimum atomic E-state index is -3.72. The average Bonchev–Trinajstić information content (AvgIpc) is 2.90. The largest absolute Gasteiger partial charge is 0.508 e. The number of phenolic OH excluding ortho intramolecular Hbond substituents is 1. The van der Waals surface area contributed by atoms with E-state index < -0.39 is 10.0 Å². The molecule has 6 heteroatoms. The molecule has 150 valence electrons. The van der Waals surface area contributed by atoms with Crippen LogP contribution in [0.25, 0.3) is 0 Å². The molecule has 1 N–H and O–H groups in total. The molecule has 29 heavy (non-hydrogen) atoms. The van der Waals surface area contributed by atoms with Crippen molar-refractivity contribution in [1.82, 2.24) is 4.31 Å². The average molecular weight is 410 g/mol. The molecule has 1 aliphatic rings. The summed E-state index contributed by atoms with van der Waals surface area (Å²) in [6.07, 6.45) is 0.485. The third-order valence-electron chi connectivity index (χ3n) is 5.17. The van der Waals surface area contributed by atoms with Crippen LogP contribution in [0, 0.1) is 6.92 Å². The fraction of sp³-hybridized carbons (Fsp3) is 0.217. The Morgan fingerprint density at radius 3 is 2.41 bits per heavy atom. The first-order chi connectivity index (χ1) is 13.9. The summed E-state index contributed by atoms with van der Waals surface area (Å²) in [5, 5.41) is 9.55. The zero-order valence-corrected chi connectivity index (χ0v) is 17.0. The number of aryl methyl sites for hydroxylation is 1. The lowest BCUT2D eigenvalue weighted by atomic mass is 10.1. The molecule has 1 atom stereocenters. The summed E-state index contributed by atoms with van der Waals surface area (Å²) < 4.78 is 34.6. The van der Waals surface area contributed by atoms with Crippen LogP contribution in [-0.4, -0.2) is 30.5 Å². The quantitative estimate of drug-likeness (QED) is 0.710. The lowest BCUT2D eigenvalue weighted by Gasteiger charge is -2.28. The van der Waals surface area contributed by atoms with Gasteiger partial charge in [0.25, 0.3) is 0 Å². The van der Waals surface area contributed by atoms with Crippen molar-refractivity contribution in [3.63, 3.8) is 0 Å². The fourth-order valence-electron chi connectivity index (χ4n) is 3.53. The number of sulfonamides is 1. The highest BCUT2D eigenvalue weighted by Gasteiger charge is 2.35. The second kappa shape index (κ2) is 7.89. The van der Waals surface area contributed by atoms with Crippen molar-refractivity contribution in [2.75, 3.05) is 6.61 Å². The number of phenols is 1. The Balaban J connectivity index is 1.73. The number of rotatable bonds is 4. The van der Waals surface area contributed by atoms with E-state index in [0.717, 1.165) is 16.7 Å². The topological polar surface area (TPSA) is 66.8 Å². The molecule has 3 aromatic rings. The zero-order valence-electron chi connectivity index (χ0n) is 16.2. The molecule has 1 heterocycles. The lowest BCUT2D eigenvalue weighted by molar-refractivity contribution is 0.219. The number of hydrogen-bond acceptors (Lipinski definition) is 4. The van der Waals surface area contributed by atoms with Gasteiger partial charge in [-0.15, -0.1) is 0 Å². The number of hydrogen-bond donors (Lipinski definition) is 1. The Labute approximate surface area is 171 Å². The maximum absolute atomic E-state index is 13.5. The van der Waals surface area contributed by atoms with Gasteiger partial charge in [-0.3, -0.25) is 0 Å². The summed E-state index contributed by atoms with van der Waals surface area (Å²) in [5.41, 5.74) is 2.79. The first-order valence-electron chi connectivity index (χ1n) is 9.50. The fourth-order valence-corrected chi connectivity index (χ4v) is 5.12. The summed E-state index contributed by atoms with van der Waals surface area (Å²) in [6, 6.07) is 20.9. The van der Waals surface area contributed by atoms with E-state index in [4.69, 9.17) is 4.74 Å². The molecule has 0 spiro atoms. The van der Waals surface area contributed by atoms with Crippen LogP contribution >= 0.6 is 0 Å². The second-order valence-corrected chi connectivity index (χ2v) is 9.20. The monoisotopic (exact) mass is 409 g/mol. The van der Waals surface area contributed by atoms with Gasteiger partial charge in [0.05, 0.1) is 10.9 Å². The molecule has 5 nitrogen and oxygen atoms in total. The molecule has 0 bridgehead atoms. The summed E-state index contributed by atoms with van der Waals surface area (Å²) in [5.74, 6) is 0.896. The normalized spacial score (nSPS) is 17.2. The third-order valence-corrected chi connectivity index (χ3v) is 7.09. The predicted molar refractivity (Wildman–Crippen MR) is 111 cm³/mol. The van der Waals surface area contributed by atoms with E-state index in [1.165, 1.54) is 4.31 Å². The van der Waals surface area contributed by atoms with Crippen molar-refractivity contribution >= 4 is 10.0 Å². The van der Waals surface area contributed by atoms with Crippen molar-refractivity contribution in [2.24, 2.45) is 0 Å². The number of para-hydroxylation sites is 1. The van der Waals surface area contributed by atoms with Crippen molar-refractivity contribution in [1.29, 1.82) is 0 Å². The molecule has 0 fully saturated rings. The number of nitrogens with zero attached hydrogens (tertiary/aromatic N) is 1. The standard InChI is InChI=1S/C23H23NO4S/c1-17-6-12-22(13-7-17)29(26,27)24-15-19-4-2-3-5-23(19)28-16-20(24)14-18-8-10-21(25)11-9-18/h2-13,20,25H,14-16H2,1H3/t20-/m0/s1. The van der Waals surface area contributed by atoms with Crippen LogP contribution in [0.1, 0.15) is 16.7 Å². The molecule has 0 amide bonds. The second-order valence-electron chi connectivity index (χ2n) is 7.31. The van der Waals surface area contributed by atoms with Gasteiger partial charge in [-0.25, -0.2) is 8.42 Å².